The monoisotopic (exact) mass is 206 g/mol. The van der Waals surface area contributed by atoms with Crippen molar-refractivity contribution >= 4 is 11.7 Å². The second kappa shape index (κ2) is 6.06. The van der Waals surface area contributed by atoms with E-state index in [-0.39, 0.29) is 6.03 Å². The van der Waals surface area contributed by atoms with Crippen LogP contribution in [0.3, 0.4) is 0 Å². The maximum Gasteiger partial charge on any atom is 0.318 e. The van der Waals surface area contributed by atoms with Crippen LogP contribution in [0.2, 0.25) is 0 Å². The van der Waals surface area contributed by atoms with Gasteiger partial charge in [-0.15, -0.1) is 0 Å². The Balaban J connectivity index is 2.52. The lowest BCUT2D eigenvalue weighted by atomic mass is 10.1. The Bertz CT molecular complexity index is 306. The van der Waals surface area contributed by atoms with Crippen LogP contribution in [0.15, 0.2) is 24.3 Å². The fraction of sp³-hybridized carbons (Fsp3) is 0.417. The average molecular weight is 206 g/mol. The number of aryl methyl sites for hydroxylation is 1. The molecule has 0 saturated heterocycles. The summed E-state index contributed by atoms with van der Waals surface area (Å²) in [5.41, 5.74) is 2.15. The third kappa shape index (κ3) is 4.02. The summed E-state index contributed by atoms with van der Waals surface area (Å²) in [6.07, 6.45) is 3.53. The fourth-order valence-corrected chi connectivity index (χ4v) is 1.33. The molecular weight excluding hydrogens is 188 g/mol. The van der Waals surface area contributed by atoms with Crippen molar-refractivity contribution in [2.45, 2.75) is 26.2 Å². The summed E-state index contributed by atoms with van der Waals surface area (Å²) in [4.78, 5) is 11.0. The largest absolute Gasteiger partial charge is 0.341 e. The van der Waals surface area contributed by atoms with Gasteiger partial charge in [-0.1, -0.05) is 25.5 Å². The molecule has 0 aliphatic heterocycles. The van der Waals surface area contributed by atoms with Gasteiger partial charge in [0.1, 0.15) is 0 Å². The molecule has 0 spiro atoms. The first-order valence-corrected chi connectivity index (χ1v) is 5.34. The molecule has 3 heteroatoms. The number of unbranched alkanes of at least 4 members (excludes halogenated alkanes) is 1. The molecule has 0 bridgehead atoms. The number of amides is 2. The van der Waals surface area contributed by atoms with Crippen LogP contribution in [0.5, 0.6) is 0 Å². The molecule has 2 amide bonds. The normalized spacial score (nSPS) is 9.73. The summed E-state index contributed by atoms with van der Waals surface area (Å²) in [6.45, 7) is 2.18. The Morgan fingerprint density at radius 2 is 1.93 bits per heavy atom. The van der Waals surface area contributed by atoms with Gasteiger partial charge < -0.3 is 10.6 Å². The van der Waals surface area contributed by atoms with Crippen LogP contribution in [-0.2, 0) is 6.42 Å². The lowest BCUT2D eigenvalue weighted by molar-refractivity contribution is 0.254. The zero-order valence-electron chi connectivity index (χ0n) is 9.34. The highest BCUT2D eigenvalue weighted by Crippen LogP contribution is 2.11. The number of rotatable bonds is 4. The van der Waals surface area contributed by atoms with Gasteiger partial charge in [-0.3, -0.25) is 0 Å². The van der Waals surface area contributed by atoms with E-state index in [0.29, 0.717) is 0 Å². The van der Waals surface area contributed by atoms with Crippen molar-refractivity contribution in [3.05, 3.63) is 29.8 Å². The molecule has 0 aliphatic rings. The van der Waals surface area contributed by atoms with Gasteiger partial charge in [0.15, 0.2) is 0 Å². The molecule has 0 saturated carbocycles. The third-order valence-electron chi connectivity index (χ3n) is 2.26. The van der Waals surface area contributed by atoms with Gasteiger partial charge in [-0.05, 0) is 30.5 Å². The predicted molar refractivity (Wildman–Crippen MR) is 63.1 cm³/mol. The van der Waals surface area contributed by atoms with Gasteiger partial charge in [0.25, 0.3) is 0 Å². The van der Waals surface area contributed by atoms with Gasteiger partial charge >= 0.3 is 6.03 Å². The first kappa shape index (κ1) is 11.6. The number of carbonyl (C=O) groups excluding carboxylic acids is 1. The Morgan fingerprint density at radius 1 is 1.27 bits per heavy atom. The van der Waals surface area contributed by atoms with Crippen molar-refractivity contribution in [3.8, 4) is 0 Å². The Morgan fingerprint density at radius 3 is 2.47 bits per heavy atom. The summed E-state index contributed by atoms with van der Waals surface area (Å²) in [5.74, 6) is 0. The molecule has 0 radical (unpaired) electrons. The van der Waals surface area contributed by atoms with Crippen molar-refractivity contribution in [1.29, 1.82) is 0 Å². The zero-order valence-corrected chi connectivity index (χ0v) is 9.34. The molecule has 82 valence electrons. The zero-order chi connectivity index (χ0) is 11.1. The smallest absolute Gasteiger partial charge is 0.318 e. The van der Waals surface area contributed by atoms with E-state index < -0.39 is 0 Å². The maximum atomic E-state index is 11.0. The summed E-state index contributed by atoms with van der Waals surface area (Å²) >= 11 is 0. The highest BCUT2D eigenvalue weighted by molar-refractivity contribution is 5.88. The predicted octanol–water partition coefficient (Wildman–Crippen LogP) is 2.78. The minimum absolute atomic E-state index is 0.184. The standard InChI is InChI=1S/C12H18N2O/c1-3-4-5-10-6-8-11(9-7-10)14-12(15)13-2/h6-9H,3-5H2,1-2H3,(H2,13,14,15). The number of anilines is 1. The molecule has 3 nitrogen and oxygen atoms in total. The number of urea groups is 1. The molecule has 0 heterocycles. The number of nitrogens with one attached hydrogen (secondary N) is 2. The summed E-state index contributed by atoms with van der Waals surface area (Å²) in [7, 11) is 1.60. The molecule has 0 unspecified atom stereocenters. The molecule has 0 aliphatic carbocycles. The van der Waals surface area contributed by atoms with Gasteiger partial charge in [-0.2, -0.15) is 0 Å². The minimum atomic E-state index is -0.184. The lowest BCUT2D eigenvalue weighted by Crippen LogP contribution is -2.24. The number of benzene rings is 1. The summed E-state index contributed by atoms with van der Waals surface area (Å²) in [6, 6.07) is 7.79. The van der Waals surface area contributed by atoms with Crippen LogP contribution < -0.4 is 10.6 Å². The van der Waals surface area contributed by atoms with E-state index in [9.17, 15) is 4.79 Å². The average Bonchev–Trinajstić information content (AvgIpc) is 2.28. The van der Waals surface area contributed by atoms with E-state index in [2.05, 4.69) is 29.7 Å². The first-order valence-electron chi connectivity index (χ1n) is 5.34. The van der Waals surface area contributed by atoms with Gasteiger partial charge in [0.2, 0.25) is 0 Å². The van der Waals surface area contributed by atoms with Gasteiger partial charge in [0.05, 0.1) is 0 Å². The van der Waals surface area contributed by atoms with Crippen molar-refractivity contribution in [2.24, 2.45) is 0 Å². The van der Waals surface area contributed by atoms with Crippen LogP contribution in [0, 0.1) is 0 Å². The lowest BCUT2D eigenvalue weighted by Gasteiger charge is -2.05. The summed E-state index contributed by atoms with van der Waals surface area (Å²) in [5, 5.41) is 5.24. The molecule has 0 atom stereocenters. The Hall–Kier alpha value is -1.51. The summed E-state index contributed by atoms with van der Waals surface area (Å²) < 4.78 is 0. The molecule has 1 aromatic carbocycles. The van der Waals surface area contributed by atoms with Gasteiger partial charge in [-0.25, -0.2) is 4.79 Å². The third-order valence-corrected chi connectivity index (χ3v) is 2.26. The van der Waals surface area contributed by atoms with Gasteiger partial charge in [0, 0.05) is 12.7 Å². The molecule has 1 aromatic rings. The second-order valence-corrected chi connectivity index (χ2v) is 3.50. The van der Waals surface area contributed by atoms with E-state index in [4.69, 9.17) is 0 Å². The van der Waals surface area contributed by atoms with Crippen LogP contribution in [0.4, 0.5) is 10.5 Å². The van der Waals surface area contributed by atoms with Crippen molar-refractivity contribution in [3.63, 3.8) is 0 Å². The van der Waals surface area contributed by atoms with Crippen LogP contribution in [-0.4, -0.2) is 13.1 Å². The molecule has 0 aromatic heterocycles. The highest BCUT2D eigenvalue weighted by atomic mass is 16.2. The number of carbonyl (C=O) groups is 1. The highest BCUT2D eigenvalue weighted by Gasteiger charge is 1.98. The Kier molecular flexibility index (Phi) is 4.68. The van der Waals surface area contributed by atoms with Crippen LogP contribution in [0.1, 0.15) is 25.3 Å². The van der Waals surface area contributed by atoms with Crippen molar-refractivity contribution in [2.75, 3.05) is 12.4 Å². The van der Waals surface area contributed by atoms with Crippen molar-refractivity contribution < 1.29 is 4.79 Å². The molecule has 1 rings (SSSR count). The topological polar surface area (TPSA) is 41.1 Å². The molecule has 2 N–H and O–H groups in total. The molecule has 0 fully saturated rings. The minimum Gasteiger partial charge on any atom is -0.341 e. The molecule has 15 heavy (non-hydrogen) atoms. The first-order chi connectivity index (χ1) is 7.26. The SMILES string of the molecule is CCCCc1ccc(NC(=O)NC)cc1. The molecular formula is C12H18N2O. The van der Waals surface area contributed by atoms with Crippen LogP contribution >= 0.6 is 0 Å². The van der Waals surface area contributed by atoms with Crippen LogP contribution in [0.25, 0.3) is 0 Å². The van der Waals surface area contributed by atoms with E-state index >= 15 is 0 Å². The number of hydrogen-bond acceptors (Lipinski definition) is 1. The van der Waals surface area contributed by atoms with E-state index in [1.165, 1.54) is 18.4 Å². The number of hydrogen-bond donors (Lipinski definition) is 2. The second-order valence-electron chi connectivity index (χ2n) is 3.50. The fourth-order valence-electron chi connectivity index (χ4n) is 1.33. The maximum absolute atomic E-state index is 11.0. The Labute approximate surface area is 90.9 Å². The van der Waals surface area contributed by atoms with E-state index in [1.807, 2.05) is 12.1 Å². The van der Waals surface area contributed by atoms with E-state index in [0.717, 1.165) is 12.1 Å². The quantitative estimate of drug-likeness (QED) is 0.781. The van der Waals surface area contributed by atoms with E-state index in [1.54, 1.807) is 7.05 Å². The van der Waals surface area contributed by atoms with Crippen molar-refractivity contribution in [1.82, 2.24) is 5.32 Å².